The molecule has 4 aromatic rings. The van der Waals surface area contributed by atoms with Crippen LogP contribution in [0.15, 0.2) is 97.3 Å². The van der Waals surface area contributed by atoms with Gasteiger partial charge in [0.25, 0.3) is 0 Å². The molecule has 4 rings (SSSR count). The molecule has 160 valence electrons. The minimum absolute atomic E-state index is 0.0703. The average molecular weight is 442 g/mol. The van der Waals surface area contributed by atoms with Crippen molar-refractivity contribution < 1.29 is 9.59 Å². The maximum Gasteiger partial charge on any atom is 0.234 e. The lowest BCUT2D eigenvalue weighted by atomic mass is 10.0. The maximum absolute atomic E-state index is 12.6. The smallest absolute Gasteiger partial charge is 0.234 e. The van der Waals surface area contributed by atoms with E-state index in [2.05, 4.69) is 34.6 Å². The summed E-state index contributed by atoms with van der Waals surface area (Å²) in [5.41, 5.74) is 3.50. The first-order valence-corrected chi connectivity index (χ1v) is 11.3. The van der Waals surface area contributed by atoms with Gasteiger partial charge in [-0.1, -0.05) is 60.7 Å². The number of rotatable bonds is 8. The Morgan fingerprint density at radius 3 is 2.03 bits per heavy atom. The second kappa shape index (κ2) is 10.1. The standard InChI is InChI=1S/C26H23N3O2S/c1-29-17-16-27-26(29)24(31)19-12-14-22(15-13-19)28-23(30)18-32-25(20-8-4-2-5-9-20)21-10-6-3-7-11-21/h2-17,25H,18H2,1H3,(H,28,30). The van der Waals surface area contributed by atoms with Gasteiger partial charge in [0, 0.05) is 30.7 Å². The maximum atomic E-state index is 12.6. The van der Waals surface area contributed by atoms with Gasteiger partial charge in [-0.05, 0) is 35.4 Å². The van der Waals surface area contributed by atoms with E-state index in [0.29, 0.717) is 22.8 Å². The molecule has 0 aliphatic heterocycles. The van der Waals surface area contributed by atoms with Crippen molar-refractivity contribution in [3.05, 3.63) is 120 Å². The Labute approximate surface area is 191 Å². The number of nitrogens with one attached hydrogen (secondary N) is 1. The Morgan fingerprint density at radius 1 is 0.906 bits per heavy atom. The van der Waals surface area contributed by atoms with E-state index in [9.17, 15) is 9.59 Å². The highest BCUT2D eigenvalue weighted by Gasteiger charge is 2.17. The minimum atomic E-state index is -0.153. The van der Waals surface area contributed by atoms with Crippen molar-refractivity contribution in [1.29, 1.82) is 0 Å². The van der Waals surface area contributed by atoms with Crippen LogP contribution in [0.1, 0.15) is 32.6 Å². The summed E-state index contributed by atoms with van der Waals surface area (Å²) >= 11 is 1.59. The van der Waals surface area contributed by atoms with E-state index in [1.54, 1.807) is 60.0 Å². The monoisotopic (exact) mass is 441 g/mol. The second-order valence-electron chi connectivity index (χ2n) is 7.33. The number of ketones is 1. The number of carbonyl (C=O) groups excluding carboxylic acids is 2. The van der Waals surface area contributed by atoms with Gasteiger partial charge in [0.1, 0.15) is 0 Å². The molecule has 1 aromatic heterocycles. The lowest BCUT2D eigenvalue weighted by Crippen LogP contribution is -2.15. The predicted octanol–water partition coefficient (Wildman–Crippen LogP) is 5.11. The third kappa shape index (κ3) is 5.15. The van der Waals surface area contributed by atoms with Crippen LogP contribution < -0.4 is 5.32 Å². The molecule has 0 spiro atoms. The normalized spacial score (nSPS) is 10.8. The zero-order valence-corrected chi connectivity index (χ0v) is 18.5. The highest BCUT2D eigenvalue weighted by atomic mass is 32.2. The zero-order valence-electron chi connectivity index (χ0n) is 17.6. The molecule has 3 aromatic carbocycles. The topological polar surface area (TPSA) is 64.0 Å². The number of anilines is 1. The molecule has 0 bridgehead atoms. The highest BCUT2D eigenvalue weighted by molar-refractivity contribution is 8.00. The number of hydrogen-bond donors (Lipinski definition) is 1. The Morgan fingerprint density at radius 2 is 1.50 bits per heavy atom. The van der Waals surface area contributed by atoms with Crippen molar-refractivity contribution in [3.63, 3.8) is 0 Å². The molecule has 0 saturated heterocycles. The van der Waals surface area contributed by atoms with Crippen LogP contribution in [0.2, 0.25) is 0 Å². The van der Waals surface area contributed by atoms with Gasteiger partial charge in [0.15, 0.2) is 5.82 Å². The zero-order chi connectivity index (χ0) is 22.3. The largest absolute Gasteiger partial charge is 0.331 e. The summed E-state index contributed by atoms with van der Waals surface area (Å²) in [6.45, 7) is 0. The summed E-state index contributed by atoms with van der Waals surface area (Å²) in [4.78, 5) is 29.2. The fraction of sp³-hybridized carbons (Fsp3) is 0.115. The molecule has 1 amide bonds. The van der Waals surface area contributed by atoms with E-state index in [1.807, 2.05) is 36.4 Å². The summed E-state index contributed by atoms with van der Waals surface area (Å²) < 4.78 is 1.69. The highest BCUT2D eigenvalue weighted by Crippen LogP contribution is 2.35. The van der Waals surface area contributed by atoms with Gasteiger partial charge in [-0.2, -0.15) is 0 Å². The molecular formula is C26H23N3O2S. The Kier molecular flexibility index (Phi) is 6.82. The summed E-state index contributed by atoms with van der Waals surface area (Å²) in [7, 11) is 1.78. The van der Waals surface area contributed by atoms with Gasteiger partial charge in [0.05, 0.1) is 11.0 Å². The van der Waals surface area contributed by atoms with Crippen LogP contribution in [-0.2, 0) is 11.8 Å². The quantitative estimate of drug-likeness (QED) is 0.386. The second-order valence-corrected chi connectivity index (χ2v) is 8.42. The van der Waals surface area contributed by atoms with Crippen LogP contribution in [0.25, 0.3) is 0 Å². The number of thioether (sulfide) groups is 1. The number of nitrogens with zero attached hydrogens (tertiary/aromatic N) is 2. The van der Waals surface area contributed by atoms with E-state index in [1.165, 1.54) is 0 Å². The third-order valence-electron chi connectivity index (χ3n) is 5.04. The lowest BCUT2D eigenvalue weighted by Gasteiger charge is -2.17. The van der Waals surface area contributed by atoms with E-state index >= 15 is 0 Å². The molecule has 1 heterocycles. The van der Waals surface area contributed by atoms with Crippen LogP contribution >= 0.6 is 11.8 Å². The molecule has 1 N–H and O–H groups in total. The Bertz CT molecular complexity index is 1150. The molecule has 0 atom stereocenters. The first-order valence-electron chi connectivity index (χ1n) is 10.3. The van der Waals surface area contributed by atoms with Crippen LogP contribution in [0, 0.1) is 0 Å². The number of benzene rings is 3. The predicted molar refractivity (Wildman–Crippen MR) is 129 cm³/mol. The first kappa shape index (κ1) is 21.6. The van der Waals surface area contributed by atoms with Gasteiger partial charge in [-0.15, -0.1) is 11.8 Å². The molecule has 5 nitrogen and oxygen atoms in total. The van der Waals surface area contributed by atoms with Gasteiger partial charge in [-0.25, -0.2) is 4.98 Å². The fourth-order valence-electron chi connectivity index (χ4n) is 3.42. The molecule has 0 saturated carbocycles. The number of aryl methyl sites for hydroxylation is 1. The first-order chi connectivity index (χ1) is 15.6. The van der Waals surface area contributed by atoms with E-state index < -0.39 is 0 Å². The van der Waals surface area contributed by atoms with E-state index in [0.717, 1.165) is 11.1 Å². The van der Waals surface area contributed by atoms with E-state index in [-0.39, 0.29) is 16.9 Å². The van der Waals surface area contributed by atoms with Crippen molar-refractivity contribution in [2.45, 2.75) is 5.25 Å². The Balaban J connectivity index is 1.39. The number of carbonyl (C=O) groups is 2. The molecule has 0 aliphatic carbocycles. The van der Waals surface area contributed by atoms with Gasteiger partial charge in [-0.3, -0.25) is 9.59 Å². The minimum Gasteiger partial charge on any atom is -0.331 e. The van der Waals surface area contributed by atoms with Crippen molar-refractivity contribution in [3.8, 4) is 0 Å². The number of aromatic nitrogens is 2. The third-order valence-corrected chi connectivity index (χ3v) is 6.35. The van der Waals surface area contributed by atoms with Crippen LogP contribution in [0.5, 0.6) is 0 Å². The van der Waals surface area contributed by atoms with Crippen molar-refractivity contribution in [2.75, 3.05) is 11.1 Å². The van der Waals surface area contributed by atoms with Gasteiger partial charge < -0.3 is 9.88 Å². The molecule has 0 aliphatic rings. The molecule has 0 fully saturated rings. The number of amides is 1. The fourth-order valence-corrected chi connectivity index (χ4v) is 4.50. The summed E-state index contributed by atoms with van der Waals surface area (Å²) in [6.07, 6.45) is 3.33. The van der Waals surface area contributed by atoms with Crippen LogP contribution in [0.3, 0.4) is 0 Å². The summed E-state index contributed by atoms with van der Waals surface area (Å²) in [6, 6.07) is 27.3. The Hall–Kier alpha value is -3.64. The molecule has 0 unspecified atom stereocenters. The van der Waals surface area contributed by atoms with Crippen LogP contribution in [-0.4, -0.2) is 27.0 Å². The van der Waals surface area contributed by atoms with Crippen LogP contribution in [0.4, 0.5) is 5.69 Å². The van der Waals surface area contributed by atoms with Gasteiger partial charge in [0.2, 0.25) is 11.7 Å². The van der Waals surface area contributed by atoms with Crippen molar-refractivity contribution in [1.82, 2.24) is 9.55 Å². The number of hydrogen-bond acceptors (Lipinski definition) is 4. The van der Waals surface area contributed by atoms with Crippen molar-refractivity contribution in [2.24, 2.45) is 7.05 Å². The van der Waals surface area contributed by atoms with Crippen molar-refractivity contribution >= 4 is 29.1 Å². The summed E-state index contributed by atoms with van der Waals surface area (Å²) in [5.74, 6) is 0.447. The average Bonchev–Trinajstić information content (AvgIpc) is 3.26. The molecule has 32 heavy (non-hydrogen) atoms. The molecule has 6 heteroatoms. The van der Waals surface area contributed by atoms with E-state index in [4.69, 9.17) is 0 Å². The lowest BCUT2D eigenvalue weighted by molar-refractivity contribution is -0.113. The SMILES string of the molecule is Cn1ccnc1C(=O)c1ccc(NC(=O)CSC(c2ccccc2)c2ccccc2)cc1. The molecular weight excluding hydrogens is 418 g/mol. The van der Waals surface area contributed by atoms with Gasteiger partial charge >= 0.3 is 0 Å². The summed E-state index contributed by atoms with van der Waals surface area (Å²) in [5, 5.41) is 2.99. The molecule has 0 radical (unpaired) electrons. The number of imidazole rings is 1.